The minimum atomic E-state index is 0. The van der Waals surface area contributed by atoms with E-state index in [9.17, 15) is 0 Å². The van der Waals surface area contributed by atoms with Gasteiger partial charge in [0.15, 0.2) is 0 Å². The average Bonchev–Trinajstić information content (AvgIpc) is 3.39. The summed E-state index contributed by atoms with van der Waals surface area (Å²) in [6.07, 6.45) is 5.34. The molecule has 3 aromatic rings. The number of halogens is 2. The number of rotatable bonds is 6. The molecule has 29 heavy (non-hydrogen) atoms. The maximum absolute atomic E-state index is 5.97. The van der Waals surface area contributed by atoms with Gasteiger partial charge >= 0.3 is 0 Å². The summed E-state index contributed by atoms with van der Waals surface area (Å²) in [6, 6.07) is 8.69. The van der Waals surface area contributed by atoms with E-state index in [-0.39, 0.29) is 24.8 Å². The molecule has 156 valence electrons. The number of aryl methyl sites for hydroxylation is 1. The lowest BCUT2D eigenvalue weighted by molar-refractivity contribution is 0.344. The first-order chi connectivity index (χ1) is 13.2. The number of nitrogens with one attached hydrogen (secondary N) is 2. The Labute approximate surface area is 183 Å². The zero-order valence-electron chi connectivity index (χ0n) is 16.5. The van der Waals surface area contributed by atoms with Gasteiger partial charge in [-0.05, 0) is 44.2 Å². The van der Waals surface area contributed by atoms with E-state index in [1.54, 1.807) is 0 Å². The Morgan fingerprint density at radius 3 is 2.59 bits per heavy atom. The maximum atomic E-state index is 5.97. The molecule has 0 bridgehead atoms. The molecule has 2 aliphatic rings. The van der Waals surface area contributed by atoms with Crippen molar-refractivity contribution in [2.24, 2.45) is 5.73 Å². The Morgan fingerprint density at radius 2 is 1.90 bits per heavy atom. The summed E-state index contributed by atoms with van der Waals surface area (Å²) in [7, 11) is 0. The number of H-pyrrole nitrogens is 1. The zero-order valence-corrected chi connectivity index (χ0v) is 18.2. The second-order valence-corrected chi connectivity index (χ2v) is 8.07. The van der Waals surface area contributed by atoms with E-state index in [0.29, 0.717) is 17.9 Å². The van der Waals surface area contributed by atoms with Crippen LogP contribution in [0.1, 0.15) is 60.4 Å². The van der Waals surface area contributed by atoms with Crippen molar-refractivity contribution >= 4 is 41.7 Å². The van der Waals surface area contributed by atoms with Gasteiger partial charge in [-0.25, -0.2) is 15.0 Å². The third-order valence-electron chi connectivity index (χ3n) is 5.73. The lowest BCUT2D eigenvalue weighted by Gasteiger charge is -2.32. The summed E-state index contributed by atoms with van der Waals surface area (Å²) in [5.74, 6) is 4.01. The average molecular weight is 435 g/mol. The number of imidazole rings is 1. The molecule has 5 rings (SSSR count). The number of fused-ring (bicyclic) bond motifs is 1. The fourth-order valence-electron chi connectivity index (χ4n) is 3.87. The van der Waals surface area contributed by atoms with Gasteiger partial charge in [0.05, 0.1) is 11.0 Å². The largest absolute Gasteiger partial charge is 0.370 e. The highest BCUT2D eigenvalue weighted by Crippen LogP contribution is 2.41. The van der Waals surface area contributed by atoms with Gasteiger partial charge in [-0.3, -0.25) is 0 Å². The summed E-state index contributed by atoms with van der Waals surface area (Å²) in [4.78, 5) is 17.7. The minimum absolute atomic E-state index is 0. The summed E-state index contributed by atoms with van der Waals surface area (Å²) in [6.45, 7) is 2.89. The minimum Gasteiger partial charge on any atom is -0.370 e. The predicted molar refractivity (Wildman–Crippen MR) is 121 cm³/mol. The van der Waals surface area contributed by atoms with Crippen molar-refractivity contribution in [1.29, 1.82) is 0 Å². The van der Waals surface area contributed by atoms with Crippen molar-refractivity contribution in [3.8, 4) is 0 Å². The lowest BCUT2D eigenvalue weighted by Crippen LogP contribution is -2.35. The molecule has 2 heterocycles. The first-order valence-corrected chi connectivity index (χ1v) is 9.98. The van der Waals surface area contributed by atoms with E-state index < -0.39 is 0 Å². The first-order valence-electron chi connectivity index (χ1n) is 9.98. The van der Waals surface area contributed by atoms with E-state index >= 15 is 0 Å². The summed E-state index contributed by atoms with van der Waals surface area (Å²) < 4.78 is 0. The number of benzene rings is 1. The number of anilines is 1. The maximum Gasteiger partial charge on any atom is 0.134 e. The number of hydrogen-bond donors (Lipinski definition) is 3. The molecule has 0 atom stereocenters. The summed E-state index contributed by atoms with van der Waals surface area (Å²) in [5.41, 5.74) is 10.5. The SMILES string of the molecule is Cc1cccc2[nH]c(CCNc3cc(C4CC(N)C4)nc(C4CC4)n3)nc12.Cl.Cl. The molecule has 0 aliphatic heterocycles. The third kappa shape index (κ3) is 4.65. The number of hydrogen-bond acceptors (Lipinski definition) is 5. The highest BCUT2D eigenvalue weighted by atomic mass is 35.5. The van der Waals surface area contributed by atoms with Crippen LogP contribution in [0, 0.1) is 6.92 Å². The molecule has 0 unspecified atom stereocenters. The second kappa shape index (κ2) is 8.86. The quantitative estimate of drug-likeness (QED) is 0.539. The Hall–Kier alpha value is -1.89. The fraction of sp³-hybridized carbons (Fsp3) is 0.476. The number of aromatic amines is 1. The molecule has 2 saturated carbocycles. The number of nitrogens with two attached hydrogens (primary N) is 1. The van der Waals surface area contributed by atoms with Gasteiger partial charge in [0.25, 0.3) is 0 Å². The van der Waals surface area contributed by atoms with Crippen molar-refractivity contribution in [3.63, 3.8) is 0 Å². The van der Waals surface area contributed by atoms with Crippen molar-refractivity contribution in [1.82, 2.24) is 19.9 Å². The normalized spacial score (nSPS) is 20.5. The molecule has 4 N–H and O–H groups in total. The van der Waals surface area contributed by atoms with Crippen LogP contribution in [0.15, 0.2) is 24.3 Å². The van der Waals surface area contributed by atoms with E-state index in [1.165, 1.54) is 18.4 Å². The molecule has 6 nitrogen and oxygen atoms in total. The molecular formula is C21H28Cl2N6. The first kappa shape index (κ1) is 21.8. The molecule has 0 radical (unpaired) electrons. The van der Waals surface area contributed by atoms with Gasteiger partial charge in [0.1, 0.15) is 17.5 Å². The number of aromatic nitrogens is 4. The van der Waals surface area contributed by atoms with Crippen LogP contribution >= 0.6 is 24.8 Å². The van der Waals surface area contributed by atoms with E-state index in [0.717, 1.165) is 60.0 Å². The van der Waals surface area contributed by atoms with E-state index in [4.69, 9.17) is 20.7 Å². The van der Waals surface area contributed by atoms with Crippen molar-refractivity contribution in [2.45, 2.75) is 56.9 Å². The van der Waals surface area contributed by atoms with E-state index in [2.05, 4.69) is 41.5 Å². The number of nitrogens with zero attached hydrogens (tertiary/aromatic N) is 3. The Bertz CT molecular complexity index is 978. The van der Waals surface area contributed by atoms with Gasteiger partial charge in [-0.2, -0.15) is 0 Å². The highest BCUT2D eigenvalue weighted by Gasteiger charge is 2.32. The van der Waals surface area contributed by atoms with Gasteiger partial charge in [-0.1, -0.05) is 12.1 Å². The van der Waals surface area contributed by atoms with Crippen LogP contribution in [0.5, 0.6) is 0 Å². The monoisotopic (exact) mass is 434 g/mol. The fourth-order valence-corrected chi connectivity index (χ4v) is 3.87. The molecule has 0 saturated heterocycles. The zero-order chi connectivity index (χ0) is 18.4. The molecule has 2 fully saturated rings. The lowest BCUT2D eigenvalue weighted by atomic mass is 9.78. The van der Waals surface area contributed by atoms with Crippen LogP contribution in [-0.2, 0) is 6.42 Å². The summed E-state index contributed by atoms with van der Waals surface area (Å²) in [5, 5.41) is 3.49. The predicted octanol–water partition coefficient (Wildman–Crippen LogP) is 4.24. The molecule has 0 amide bonds. The Balaban J connectivity index is 0.00000120. The second-order valence-electron chi connectivity index (χ2n) is 8.07. The van der Waals surface area contributed by atoms with Gasteiger partial charge in [0.2, 0.25) is 0 Å². The Morgan fingerprint density at radius 1 is 1.10 bits per heavy atom. The van der Waals surface area contributed by atoms with Crippen LogP contribution < -0.4 is 11.1 Å². The van der Waals surface area contributed by atoms with Gasteiger partial charge < -0.3 is 16.0 Å². The number of para-hydroxylation sites is 1. The third-order valence-corrected chi connectivity index (χ3v) is 5.73. The van der Waals surface area contributed by atoms with Crippen LogP contribution in [-0.4, -0.2) is 32.5 Å². The standard InChI is InChI=1S/C21H26N6.2ClH/c1-12-3-2-4-16-20(12)26-18(24-16)7-8-23-19-11-17(14-9-15(22)10-14)25-21(27-19)13-5-6-13;;/h2-4,11,13-15H,5-10,22H2,1H3,(H,24,26)(H,23,25,27);2*1H. The molecular weight excluding hydrogens is 407 g/mol. The van der Waals surface area contributed by atoms with Crippen LogP contribution in [0.25, 0.3) is 11.0 Å². The van der Waals surface area contributed by atoms with Crippen molar-refractivity contribution in [3.05, 3.63) is 47.2 Å². The van der Waals surface area contributed by atoms with Gasteiger partial charge in [0, 0.05) is 42.6 Å². The van der Waals surface area contributed by atoms with Crippen LogP contribution in [0.4, 0.5) is 5.82 Å². The van der Waals surface area contributed by atoms with E-state index in [1.807, 2.05) is 0 Å². The molecule has 1 aromatic carbocycles. The topological polar surface area (TPSA) is 92.5 Å². The molecule has 0 spiro atoms. The van der Waals surface area contributed by atoms with Crippen molar-refractivity contribution in [2.75, 3.05) is 11.9 Å². The smallest absolute Gasteiger partial charge is 0.134 e. The van der Waals surface area contributed by atoms with Crippen LogP contribution in [0.2, 0.25) is 0 Å². The Kier molecular flexibility index (Phi) is 6.66. The van der Waals surface area contributed by atoms with Crippen molar-refractivity contribution < 1.29 is 0 Å². The molecule has 2 aliphatic carbocycles. The highest BCUT2D eigenvalue weighted by molar-refractivity contribution is 5.85. The summed E-state index contributed by atoms with van der Waals surface area (Å²) >= 11 is 0. The molecule has 2 aromatic heterocycles. The van der Waals surface area contributed by atoms with Crippen LogP contribution in [0.3, 0.4) is 0 Å². The molecule has 8 heteroatoms. The van der Waals surface area contributed by atoms with Gasteiger partial charge in [-0.15, -0.1) is 24.8 Å².